The van der Waals surface area contributed by atoms with E-state index in [9.17, 15) is 22.4 Å². The van der Waals surface area contributed by atoms with Crippen molar-refractivity contribution in [2.24, 2.45) is 0 Å². The van der Waals surface area contributed by atoms with E-state index in [1.807, 2.05) is 37.3 Å². The van der Waals surface area contributed by atoms with Crippen molar-refractivity contribution in [2.75, 3.05) is 30.8 Å². The lowest BCUT2D eigenvalue weighted by molar-refractivity contribution is -0.141. The van der Waals surface area contributed by atoms with E-state index in [2.05, 4.69) is 5.32 Å². The summed E-state index contributed by atoms with van der Waals surface area (Å²) in [5.74, 6) is -0.668. The number of ether oxygens (including phenoxy) is 1. The van der Waals surface area contributed by atoms with Crippen molar-refractivity contribution in [2.45, 2.75) is 45.2 Å². The number of nitrogens with zero attached hydrogens (tertiary/aromatic N) is 2. The fraction of sp³-hybridized carbons (Fsp3) is 0.355. The number of benzene rings is 3. The SMILES string of the molecule is CCCNC(=O)[C@@H](Cc1ccccc1)N(Cc1ccccc1F)C(=O)CCCN(c1cccc(OC)c1)S(C)(=O)=O. The monoisotopic (exact) mass is 583 g/mol. The number of anilines is 1. The summed E-state index contributed by atoms with van der Waals surface area (Å²) in [5.41, 5.74) is 1.57. The van der Waals surface area contributed by atoms with Gasteiger partial charge in [0.15, 0.2) is 0 Å². The maximum atomic E-state index is 14.7. The summed E-state index contributed by atoms with van der Waals surface area (Å²) in [5, 5.41) is 2.89. The standard InChI is InChI=1S/C31H38FN3O5S/c1-4-19-33-31(37)29(21-24-12-6-5-7-13-24)34(23-25-14-8-9-17-28(25)32)30(36)18-11-20-35(41(3,38)39)26-15-10-16-27(22-26)40-2/h5-10,12-17,22,29H,4,11,18-21,23H2,1-3H3,(H,33,37)/t29-/m1/s1. The summed E-state index contributed by atoms with van der Waals surface area (Å²) in [7, 11) is -2.16. The number of hydrogen-bond acceptors (Lipinski definition) is 5. The number of halogens is 1. The van der Waals surface area contributed by atoms with Crippen LogP contribution in [0.3, 0.4) is 0 Å². The predicted molar refractivity (Wildman–Crippen MR) is 159 cm³/mol. The first kappa shape index (κ1) is 31.6. The van der Waals surface area contributed by atoms with E-state index < -0.39 is 21.9 Å². The van der Waals surface area contributed by atoms with Crippen LogP contribution in [0.15, 0.2) is 78.9 Å². The van der Waals surface area contributed by atoms with Gasteiger partial charge in [0.2, 0.25) is 21.8 Å². The first-order chi connectivity index (χ1) is 19.6. The number of sulfonamides is 1. The molecule has 0 aliphatic carbocycles. The number of methoxy groups -OCH3 is 1. The summed E-state index contributed by atoms with van der Waals surface area (Å²) < 4.78 is 46.4. The molecule has 0 spiro atoms. The lowest BCUT2D eigenvalue weighted by atomic mass is 10.0. The van der Waals surface area contributed by atoms with Crippen LogP contribution >= 0.6 is 0 Å². The maximum Gasteiger partial charge on any atom is 0.243 e. The minimum atomic E-state index is -3.66. The Morgan fingerprint density at radius 1 is 1.00 bits per heavy atom. The number of carbonyl (C=O) groups excluding carboxylic acids is 2. The second-order valence-corrected chi connectivity index (χ2v) is 11.7. The zero-order valence-electron chi connectivity index (χ0n) is 23.8. The highest BCUT2D eigenvalue weighted by atomic mass is 32.2. The van der Waals surface area contributed by atoms with E-state index >= 15 is 0 Å². The van der Waals surface area contributed by atoms with Crippen molar-refractivity contribution in [3.05, 3.63) is 95.8 Å². The van der Waals surface area contributed by atoms with Gasteiger partial charge in [0.05, 0.1) is 19.1 Å². The molecular formula is C31H38FN3O5S. The minimum Gasteiger partial charge on any atom is -0.497 e. The van der Waals surface area contributed by atoms with Gasteiger partial charge in [0.25, 0.3) is 0 Å². The van der Waals surface area contributed by atoms with Gasteiger partial charge in [-0.3, -0.25) is 13.9 Å². The van der Waals surface area contributed by atoms with E-state index in [4.69, 9.17) is 4.74 Å². The lowest BCUT2D eigenvalue weighted by Gasteiger charge is -2.32. The summed E-state index contributed by atoms with van der Waals surface area (Å²) in [6.45, 7) is 2.31. The summed E-state index contributed by atoms with van der Waals surface area (Å²) in [6, 6.07) is 21.3. The van der Waals surface area contributed by atoms with Crippen LogP contribution in [0.1, 0.15) is 37.3 Å². The van der Waals surface area contributed by atoms with Crippen LogP contribution in [0.25, 0.3) is 0 Å². The second kappa shape index (κ2) is 15.2. The Hall–Kier alpha value is -3.92. The van der Waals surface area contributed by atoms with Crippen LogP contribution in [0.4, 0.5) is 10.1 Å². The highest BCUT2D eigenvalue weighted by molar-refractivity contribution is 7.92. The third-order valence-corrected chi connectivity index (χ3v) is 7.81. The van der Waals surface area contributed by atoms with Gasteiger partial charge in [-0.15, -0.1) is 0 Å². The van der Waals surface area contributed by atoms with Crippen LogP contribution < -0.4 is 14.4 Å². The zero-order chi connectivity index (χ0) is 29.8. The van der Waals surface area contributed by atoms with E-state index in [-0.39, 0.29) is 49.7 Å². The van der Waals surface area contributed by atoms with Crippen LogP contribution in [-0.4, -0.2) is 57.6 Å². The Morgan fingerprint density at radius 3 is 2.37 bits per heavy atom. The van der Waals surface area contributed by atoms with E-state index in [1.165, 1.54) is 22.4 Å². The molecule has 3 rings (SSSR count). The molecule has 3 aromatic rings. The van der Waals surface area contributed by atoms with Gasteiger partial charge in [-0.25, -0.2) is 12.8 Å². The van der Waals surface area contributed by atoms with Crippen molar-refractivity contribution in [1.82, 2.24) is 10.2 Å². The maximum absolute atomic E-state index is 14.7. The molecular weight excluding hydrogens is 545 g/mol. The quantitative estimate of drug-likeness (QED) is 0.283. The predicted octanol–water partition coefficient (Wildman–Crippen LogP) is 4.55. The van der Waals surface area contributed by atoms with Crippen LogP contribution in [-0.2, 0) is 32.6 Å². The number of nitrogens with one attached hydrogen (secondary N) is 1. The number of carbonyl (C=O) groups is 2. The molecule has 0 heterocycles. The summed E-state index contributed by atoms with van der Waals surface area (Å²) >= 11 is 0. The zero-order valence-corrected chi connectivity index (χ0v) is 24.6. The molecule has 41 heavy (non-hydrogen) atoms. The Balaban J connectivity index is 1.88. The van der Waals surface area contributed by atoms with Gasteiger partial charge in [0.1, 0.15) is 17.6 Å². The fourth-order valence-electron chi connectivity index (χ4n) is 4.50. The molecule has 0 saturated heterocycles. The topological polar surface area (TPSA) is 96.0 Å². The molecule has 8 nitrogen and oxygen atoms in total. The van der Waals surface area contributed by atoms with Crippen molar-refractivity contribution >= 4 is 27.5 Å². The van der Waals surface area contributed by atoms with Gasteiger partial charge >= 0.3 is 0 Å². The lowest BCUT2D eigenvalue weighted by Crippen LogP contribution is -2.50. The molecule has 1 atom stereocenters. The van der Waals surface area contributed by atoms with E-state index in [1.54, 1.807) is 42.5 Å². The van der Waals surface area contributed by atoms with Crippen molar-refractivity contribution in [3.63, 3.8) is 0 Å². The van der Waals surface area contributed by atoms with E-state index in [0.29, 0.717) is 18.0 Å². The highest BCUT2D eigenvalue weighted by Gasteiger charge is 2.31. The minimum absolute atomic E-state index is 0.0384. The Bertz CT molecular complexity index is 1400. The number of amides is 2. The normalized spacial score (nSPS) is 11.9. The summed E-state index contributed by atoms with van der Waals surface area (Å²) in [6.07, 6.45) is 2.21. The highest BCUT2D eigenvalue weighted by Crippen LogP contribution is 2.24. The molecule has 0 aliphatic heterocycles. The van der Waals surface area contributed by atoms with Crippen LogP contribution in [0, 0.1) is 5.82 Å². The van der Waals surface area contributed by atoms with Gasteiger partial charge in [-0.1, -0.05) is 61.5 Å². The molecule has 0 unspecified atom stereocenters. The van der Waals surface area contributed by atoms with Crippen molar-refractivity contribution < 1.29 is 27.1 Å². The molecule has 220 valence electrons. The van der Waals surface area contributed by atoms with Gasteiger partial charge in [0, 0.05) is 44.1 Å². The molecule has 0 saturated carbocycles. The third-order valence-electron chi connectivity index (χ3n) is 6.61. The molecule has 3 aromatic carbocycles. The molecule has 0 aliphatic rings. The molecule has 10 heteroatoms. The smallest absolute Gasteiger partial charge is 0.243 e. The van der Waals surface area contributed by atoms with Crippen LogP contribution in [0.5, 0.6) is 5.75 Å². The first-order valence-electron chi connectivity index (χ1n) is 13.6. The number of hydrogen-bond donors (Lipinski definition) is 1. The van der Waals surface area contributed by atoms with Crippen molar-refractivity contribution in [3.8, 4) is 5.75 Å². The molecule has 0 bridgehead atoms. The Kier molecular flexibility index (Phi) is 11.7. The number of rotatable bonds is 15. The average molecular weight is 584 g/mol. The largest absolute Gasteiger partial charge is 0.497 e. The first-order valence-corrected chi connectivity index (χ1v) is 15.4. The van der Waals surface area contributed by atoms with Crippen LogP contribution in [0.2, 0.25) is 0 Å². The molecule has 1 N–H and O–H groups in total. The molecule has 0 aromatic heterocycles. The third kappa shape index (κ3) is 9.31. The fourth-order valence-corrected chi connectivity index (χ4v) is 5.46. The molecule has 0 radical (unpaired) electrons. The summed E-state index contributed by atoms with van der Waals surface area (Å²) in [4.78, 5) is 28.6. The van der Waals surface area contributed by atoms with Crippen molar-refractivity contribution in [1.29, 1.82) is 0 Å². The average Bonchev–Trinajstić information content (AvgIpc) is 2.96. The second-order valence-electron chi connectivity index (χ2n) is 9.75. The van der Waals surface area contributed by atoms with Gasteiger partial charge < -0.3 is 15.0 Å². The van der Waals surface area contributed by atoms with Gasteiger partial charge in [-0.2, -0.15) is 0 Å². The van der Waals surface area contributed by atoms with E-state index in [0.717, 1.165) is 18.2 Å². The Morgan fingerprint density at radius 2 is 1.71 bits per heavy atom. The molecule has 2 amide bonds. The van der Waals surface area contributed by atoms with Gasteiger partial charge in [-0.05, 0) is 36.6 Å². The Labute approximate surface area is 242 Å². The molecule has 0 fully saturated rings.